The van der Waals surface area contributed by atoms with Gasteiger partial charge < -0.3 is 69.1 Å². The summed E-state index contributed by atoms with van der Waals surface area (Å²) < 4.78 is 10.5. The van der Waals surface area contributed by atoms with Crippen LogP contribution < -0.4 is 5.32 Å². The van der Waals surface area contributed by atoms with Gasteiger partial charge in [0.05, 0.1) is 38.6 Å². The molecule has 7 aliphatic heterocycles. The highest BCUT2D eigenvalue weighted by molar-refractivity contribution is 5.98. The molecule has 14 rings (SSSR count). The van der Waals surface area contributed by atoms with E-state index in [1.165, 1.54) is 64.8 Å². The van der Waals surface area contributed by atoms with E-state index in [2.05, 4.69) is 242 Å². The Bertz CT molecular complexity index is 4780. The number of nitrogens with one attached hydrogen (secondary N) is 1. The molecule has 0 spiro atoms. The number of ether oxygens (including phenoxy) is 2. The van der Waals surface area contributed by atoms with Crippen molar-refractivity contribution in [3.8, 4) is 0 Å². The number of β-amino-alcohol motifs (C(OH)–C–C–N with tert-alkyl or cyclic N) is 2. The number of amides is 7. The Morgan fingerprint density at radius 1 is 0.307 bits per heavy atom. The molecular weight excluding hydrogens is 1750 g/mol. The number of aliphatic hydroxyl groups is 2. The van der Waals surface area contributed by atoms with Gasteiger partial charge in [-0.1, -0.05) is 230 Å². The zero-order chi connectivity index (χ0) is 103. The monoisotopic (exact) mass is 1920 g/mol. The molecule has 0 saturated carbocycles. The first-order valence-corrected chi connectivity index (χ1v) is 52.0. The van der Waals surface area contributed by atoms with E-state index in [4.69, 9.17) is 9.47 Å². The first kappa shape index (κ1) is 116. The highest BCUT2D eigenvalue weighted by Gasteiger charge is 2.33. The Morgan fingerprint density at radius 2 is 0.586 bits per heavy atom. The van der Waals surface area contributed by atoms with E-state index in [-0.39, 0.29) is 91.5 Å². The maximum Gasteiger partial charge on any atom is 0.254 e. The minimum atomic E-state index is -0.369. The second-order valence-corrected chi connectivity index (χ2v) is 47.3. The average molecular weight is 1920 g/mol. The second-order valence-electron chi connectivity index (χ2n) is 47.3. The molecule has 0 radical (unpaired) electrons. The minimum absolute atomic E-state index is 0.0270. The molecule has 7 fully saturated rings. The van der Waals surface area contributed by atoms with Crippen molar-refractivity contribution in [1.82, 2.24) is 49.4 Å². The minimum Gasteiger partial charge on any atom is -0.391 e. The largest absolute Gasteiger partial charge is 0.391 e. The fourth-order valence-corrected chi connectivity index (χ4v) is 18.3. The summed E-state index contributed by atoms with van der Waals surface area (Å²) in [5.41, 5.74) is 14.9. The van der Waals surface area contributed by atoms with Crippen molar-refractivity contribution in [2.75, 3.05) is 160 Å². The van der Waals surface area contributed by atoms with Crippen LogP contribution >= 0.6 is 0 Å². The van der Waals surface area contributed by atoms with E-state index < -0.39 is 0 Å². The fourth-order valence-electron chi connectivity index (χ4n) is 18.3. The molecule has 0 aliphatic carbocycles. The fraction of sp³-hybridized carbons (Fsp3) is 0.588. The van der Waals surface area contributed by atoms with Crippen molar-refractivity contribution in [1.29, 1.82) is 0 Å². The first-order valence-electron chi connectivity index (χ1n) is 52.0. The third-order valence-electron chi connectivity index (χ3n) is 27.7. The lowest BCUT2D eigenvalue weighted by atomic mass is 9.86. The quantitative estimate of drug-likeness (QED) is 0.0870. The summed E-state index contributed by atoms with van der Waals surface area (Å²) in [6.45, 7) is 60.3. The molecule has 7 amide bonds. The van der Waals surface area contributed by atoms with Gasteiger partial charge in [-0.3, -0.25) is 33.6 Å². The Kier molecular flexibility index (Phi) is 44.0. The van der Waals surface area contributed by atoms with Crippen LogP contribution in [0, 0.1) is 5.92 Å². The van der Waals surface area contributed by atoms with E-state index in [1.54, 1.807) is 9.80 Å². The van der Waals surface area contributed by atoms with E-state index in [9.17, 15) is 43.8 Å². The van der Waals surface area contributed by atoms with Gasteiger partial charge in [-0.05, 0) is 299 Å². The number of carbonyl (C=O) groups excluding carboxylic acids is 7. The molecule has 7 aliphatic rings. The molecule has 0 bridgehead atoms. The summed E-state index contributed by atoms with van der Waals surface area (Å²) in [7, 11) is 10.6. The van der Waals surface area contributed by atoms with Gasteiger partial charge in [-0.2, -0.15) is 0 Å². The number of rotatable bonds is 15. The number of hydrogen-bond donors (Lipinski definition) is 3. The maximum atomic E-state index is 12.9. The molecule has 7 heterocycles. The number of morpholine rings is 2. The van der Waals surface area contributed by atoms with Crippen LogP contribution in [0.4, 0.5) is 0 Å². The molecule has 7 saturated heterocycles. The van der Waals surface area contributed by atoms with Crippen LogP contribution in [0.2, 0.25) is 0 Å². The lowest BCUT2D eigenvalue weighted by molar-refractivity contribution is 0.0301. The molecule has 770 valence electrons. The Morgan fingerprint density at radius 3 is 0.864 bits per heavy atom. The Hall–Kier alpha value is -9.45. The standard InChI is InChI=1S/C20H32N2O.C19H30N2O.C18H28N2O.2C16H23NO2.2C15H21NO2/c1-20(2,3)17-11-9-16(10-12-17)19(23)22-14-7-6-8-18(22)13-15-21(4)5;1-19(2,3)17-8-6-16(7-9-17)18(22)21-12-10-15(11-13-21)14-20(4)5;1-18(2,3)15-9-7-14(8-10-15)17(21)19-12-11-16-6-5-13-20(16)4;2*1-16(2,3)13-8-6-12(7-9-13)15(19)17-10-4-5-14(18)11-17;2*1-15(2,3)13-6-4-12(5-7-13)14(17)16-8-10-18-11-9-16/h9-12,18H,6-8,13-15H2,1-5H3;6-9,15H,10-14H2,1-5H3;7-10,16H,5-6,11-13H2,1-4H3,(H,19,21);2*6-9,14,18H,4-5,10-11H2,1-3H3;2*4-7H,8-11H2,1-3H3/t;;;2*14-;;/m...10../s1. The second kappa shape index (κ2) is 53.2. The van der Waals surface area contributed by atoms with Gasteiger partial charge in [-0.15, -0.1) is 0 Å². The van der Waals surface area contributed by atoms with Crippen LogP contribution in [0.3, 0.4) is 0 Å². The summed E-state index contributed by atoms with van der Waals surface area (Å²) >= 11 is 0. The average Bonchev–Trinajstić information content (AvgIpc) is 0.907. The van der Waals surface area contributed by atoms with Crippen molar-refractivity contribution in [2.24, 2.45) is 5.92 Å². The molecule has 21 heteroatoms. The Labute approximate surface area is 843 Å². The number of hydrogen-bond acceptors (Lipinski definition) is 14. The molecular formula is C119H178N10O11. The zero-order valence-corrected chi connectivity index (χ0v) is 90.8. The van der Waals surface area contributed by atoms with E-state index in [1.807, 2.05) is 148 Å². The topological polar surface area (TPSA) is 220 Å². The summed E-state index contributed by atoms with van der Waals surface area (Å²) in [6.07, 6.45) is 13.0. The van der Waals surface area contributed by atoms with E-state index >= 15 is 0 Å². The third-order valence-corrected chi connectivity index (χ3v) is 27.7. The summed E-state index contributed by atoms with van der Waals surface area (Å²) in [4.78, 5) is 105. The lowest BCUT2D eigenvalue weighted by Crippen LogP contribution is -2.44. The van der Waals surface area contributed by atoms with Crippen LogP contribution in [0.5, 0.6) is 0 Å². The van der Waals surface area contributed by atoms with Crippen molar-refractivity contribution < 1.29 is 53.2 Å². The molecule has 0 aromatic heterocycles. The van der Waals surface area contributed by atoms with Crippen LogP contribution in [-0.2, 0) is 47.4 Å². The predicted octanol–water partition coefficient (Wildman–Crippen LogP) is 20.6. The molecule has 7 aromatic rings. The van der Waals surface area contributed by atoms with Crippen molar-refractivity contribution in [3.63, 3.8) is 0 Å². The van der Waals surface area contributed by atoms with Crippen molar-refractivity contribution in [2.45, 2.75) is 291 Å². The van der Waals surface area contributed by atoms with E-state index in [0.29, 0.717) is 88.9 Å². The number of nitrogens with zero attached hydrogens (tertiary/aromatic N) is 9. The molecule has 7 aromatic carbocycles. The summed E-state index contributed by atoms with van der Waals surface area (Å²) in [6, 6.07) is 56.9. The maximum absolute atomic E-state index is 12.9. The molecule has 2 unspecified atom stereocenters. The first-order chi connectivity index (χ1) is 65.6. The molecule has 4 atom stereocenters. The Balaban J connectivity index is 0.000000200. The van der Waals surface area contributed by atoms with Crippen LogP contribution in [0.1, 0.15) is 340 Å². The number of aliphatic hydroxyl groups excluding tert-OH is 2. The van der Waals surface area contributed by atoms with Gasteiger partial charge in [0.25, 0.3) is 41.4 Å². The van der Waals surface area contributed by atoms with Crippen LogP contribution in [0.25, 0.3) is 0 Å². The number of carbonyl (C=O) groups is 7. The van der Waals surface area contributed by atoms with Gasteiger partial charge in [0.1, 0.15) is 0 Å². The van der Waals surface area contributed by atoms with Gasteiger partial charge in [0.15, 0.2) is 0 Å². The lowest BCUT2D eigenvalue weighted by Gasteiger charge is -2.36. The van der Waals surface area contributed by atoms with Crippen LogP contribution in [0.15, 0.2) is 170 Å². The normalized spacial score (nSPS) is 18.6. The van der Waals surface area contributed by atoms with Gasteiger partial charge >= 0.3 is 0 Å². The predicted molar refractivity (Wildman–Crippen MR) is 573 cm³/mol. The summed E-state index contributed by atoms with van der Waals surface area (Å²) in [5.74, 6) is 1.42. The van der Waals surface area contributed by atoms with Gasteiger partial charge in [-0.25, -0.2) is 0 Å². The third kappa shape index (κ3) is 37.4. The number of benzene rings is 7. The zero-order valence-electron chi connectivity index (χ0n) is 90.8. The highest BCUT2D eigenvalue weighted by atomic mass is 16.5. The molecule has 3 N–H and O–H groups in total. The van der Waals surface area contributed by atoms with Gasteiger partial charge in [0, 0.05) is 136 Å². The van der Waals surface area contributed by atoms with Crippen molar-refractivity contribution >= 4 is 41.4 Å². The summed E-state index contributed by atoms with van der Waals surface area (Å²) in [5, 5.41) is 22.3. The SMILES string of the molecule is CC(C)(C)c1ccc(C(=O)N2CCC[C@@H](O)C2)cc1.CC(C)(C)c1ccc(C(=O)N2CCC[C@H](O)C2)cc1.CC(C)(C)c1ccc(C(=O)N2CCOCC2)cc1.CC(C)(C)c1ccc(C(=O)N2CCOCC2)cc1.CN(C)CC1CCN(C(=O)c2ccc(C(C)(C)C)cc2)CC1.CN(C)CCC1CCCCN1C(=O)c1ccc(C(C)(C)C)cc1.CN1CCCC1CCNC(=O)c1ccc(C(C)(C)C)cc1. The number of likely N-dealkylation sites (tertiary alicyclic amines) is 5. The van der Waals surface area contributed by atoms with E-state index in [0.717, 1.165) is 150 Å². The smallest absolute Gasteiger partial charge is 0.254 e. The number of piperidine rings is 4. The van der Waals surface area contributed by atoms with Crippen molar-refractivity contribution in [3.05, 3.63) is 248 Å². The van der Waals surface area contributed by atoms with Gasteiger partial charge in [0.2, 0.25) is 0 Å². The van der Waals surface area contributed by atoms with Crippen LogP contribution in [-0.4, -0.2) is 280 Å². The highest BCUT2D eigenvalue weighted by Crippen LogP contribution is 2.33. The molecule has 21 nitrogen and oxygen atoms in total. The molecule has 140 heavy (non-hydrogen) atoms.